The monoisotopic (exact) mass is 314 g/mol. The first-order chi connectivity index (χ1) is 8.62. The van der Waals surface area contributed by atoms with E-state index in [0.717, 1.165) is 18.4 Å². The van der Waals surface area contributed by atoms with Gasteiger partial charge in [-0.25, -0.2) is 18.0 Å². The smallest absolute Gasteiger partial charge is 0.745 e. The summed E-state index contributed by atoms with van der Waals surface area (Å²) >= 11 is 0. The Hall–Kier alpha value is -1.26. The zero-order valence-corrected chi connectivity index (χ0v) is 13.7. The normalized spacial score (nSPS) is 11.5. The van der Waals surface area contributed by atoms with Crippen LogP contribution in [0.2, 0.25) is 0 Å². The van der Waals surface area contributed by atoms with Crippen LogP contribution in [0.1, 0.15) is 6.92 Å². The molecule has 0 spiro atoms. The van der Waals surface area contributed by atoms with E-state index in [9.17, 15) is 27.4 Å². The molecule has 0 atom stereocenters. The second-order valence-electron chi connectivity index (χ2n) is 2.51. The average Bonchev–Trinajstić information content (AvgIpc) is 2.63. The minimum absolute atomic E-state index is 0. The van der Waals surface area contributed by atoms with Crippen molar-refractivity contribution < 1.29 is 66.4 Å². The molecule has 1 aliphatic heterocycles. The number of hydrogen-bond donors (Lipinski definition) is 0. The summed E-state index contributed by atoms with van der Waals surface area (Å²) in [4.78, 5) is 29.6. The van der Waals surface area contributed by atoms with Crippen molar-refractivity contribution >= 4 is 28.0 Å². The van der Waals surface area contributed by atoms with E-state index in [1.807, 2.05) is 0 Å². The van der Waals surface area contributed by atoms with Gasteiger partial charge in [0.2, 0.25) is 0 Å². The minimum atomic E-state index is -4.15. The Labute approximate surface area is 138 Å². The number of carbonyl (C=O) groups excluding carboxylic acids is 3. The van der Waals surface area contributed by atoms with Crippen LogP contribution in [0.4, 0.5) is 0 Å². The molecule has 0 unspecified atom stereocenters. The maximum Gasteiger partial charge on any atom is 1.00 e. The Bertz CT molecular complexity index is 464. The summed E-state index contributed by atoms with van der Waals surface area (Å²) in [5.74, 6) is -1.49. The molecule has 20 heavy (non-hydrogen) atoms. The number of esters is 3. The molecular formula is C10H11NaO8S. The van der Waals surface area contributed by atoms with Crippen molar-refractivity contribution in [3.63, 3.8) is 0 Å². The molecule has 0 bridgehead atoms. The molecule has 106 valence electrons. The van der Waals surface area contributed by atoms with Gasteiger partial charge in [-0.15, -0.1) is 0 Å². The zero-order valence-electron chi connectivity index (χ0n) is 10.9. The molecule has 10 heteroatoms. The van der Waals surface area contributed by atoms with Crippen molar-refractivity contribution in [3.8, 4) is 0 Å². The van der Waals surface area contributed by atoms with Crippen LogP contribution >= 0.6 is 0 Å². The second-order valence-corrected chi connectivity index (χ2v) is 3.83. The predicted octanol–water partition coefficient (Wildman–Crippen LogP) is -3.00. The third kappa shape index (κ3) is 22.0. The number of ether oxygens (including phenoxy) is 2. The molecule has 0 aromatic heterocycles. The van der Waals surface area contributed by atoms with Crippen molar-refractivity contribution in [2.24, 2.45) is 0 Å². The Morgan fingerprint density at radius 1 is 1.30 bits per heavy atom. The molecule has 0 aromatic rings. The van der Waals surface area contributed by atoms with Gasteiger partial charge in [-0.05, 0) is 0 Å². The largest absolute Gasteiger partial charge is 1.00 e. The number of carbonyl (C=O) groups is 3. The fraction of sp³-hybridized carbons (Fsp3) is 0.100. The summed E-state index contributed by atoms with van der Waals surface area (Å²) < 4.78 is 36.1. The van der Waals surface area contributed by atoms with Crippen molar-refractivity contribution in [3.05, 3.63) is 37.0 Å². The van der Waals surface area contributed by atoms with Gasteiger partial charge in [0.1, 0.15) is 10.1 Å². The maximum absolute atomic E-state index is 9.92. The summed E-state index contributed by atoms with van der Waals surface area (Å²) in [6.45, 7) is 7.21. The molecule has 0 saturated carbocycles. The van der Waals surface area contributed by atoms with Crippen molar-refractivity contribution in [1.82, 2.24) is 0 Å². The number of hydrogen-bond acceptors (Lipinski definition) is 8. The first kappa shape index (κ1) is 23.8. The van der Waals surface area contributed by atoms with Crippen LogP contribution in [0, 0.1) is 0 Å². The van der Waals surface area contributed by atoms with Crippen molar-refractivity contribution in [2.45, 2.75) is 6.92 Å². The van der Waals surface area contributed by atoms with Crippen LogP contribution in [-0.2, 0) is 34.0 Å². The van der Waals surface area contributed by atoms with Crippen LogP contribution < -0.4 is 29.6 Å². The van der Waals surface area contributed by atoms with Crippen LogP contribution in [0.5, 0.6) is 0 Å². The summed E-state index contributed by atoms with van der Waals surface area (Å²) in [5.41, 5.74) is 0. The Morgan fingerprint density at radius 3 is 1.70 bits per heavy atom. The van der Waals surface area contributed by atoms with E-state index in [1.165, 1.54) is 6.92 Å². The molecule has 0 aromatic carbocycles. The van der Waals surface area contributed by atoms with Gasteiger partial charge in [0.15, 0.2) is 0 Å². The van der Waals surface area contributed by atoms with E-state index in [4.69, 9.17) is 0 Å². The molecule has 8 nitrogen and oxygen atoms in total. The molecule has 1 heterocycles. The molecule has 0 radical (unpaired) electrons. The summed E-state index contributed by atoms with van der Waals surface area (Å²) in [6, 6.07) is 0. The molecule has 0 aliphatic carbocycles. The fourth-order valence-electron chi connectivity index (χ4n) is 0.421. The summed E-state index contributed by atoms with van der Waals surface area (Å²) in [7, 11) is -4.15. The molecular weight excluding hydrogens is 303 g/mol. The second kappa shape index (κ2) is 12.8. The van der Waals surface area contributed by atoms with Crippen LogP contribution in [0.3, 0.4) is 0 Å². The summed E-state index contributed by atoms with van der Waals surface area (Å²) in [5, 5.41) is 0.354. The standard InChI is InChI=1S/C4H2O3.C4H6O2.C2H4O3S.Na/c5-3-1-2-4(6)7-3;1-3-6-4(2)5;1-2-6(3,4)5;/h1-2H;3H,1H2,2H3;2H,1H2,(H,3,4,5);/q;;;+1/p-1. The molecule has 0 N–H and O–H groups in total. The predicted molar refractivity (Wildman–Crippen MR) is 62.1 cm³/mol. The Morgan fingerprint density at radius 2 is 1.65 bits per heavy atom. The van der Waals surface area contributed by atoms with E-state index in [-0.39, 0.29) is 35.5 Å². The minimum Gasteiger partial charge on any atom is -0.745 e. The van der Waals surface area contributed by atoms with Crippen molar-refractivity contribution in [1.29, 1.82) is 0 Å². The molecule has 0 amide bonds. The molecule has 1 rings (SSSR count). The first-order valence-corrected chi connectivity index (χ1v) is 5.89. The van der Waals surface area contributed by atoms with E-state index in [0.29, 0.717) is 5.41 Å². The fourth-order valence-corrected chi connectivity index (χ4v) is 0.421. The SMILES string of the molecule is C=COC(C)=O.C=CS(=O)(=O)[O-].O=C1C=CC(=O)O1.[Na+]. The quantitative estimate of drug-likeness (QED) is 0.173. The van der Waals surface area contributed by atoms with E-state index >= 15 is 0 Å². The van der Waals surface area contributed by atoms with E-state index in [2.05, 4.69) is 22.6 Å². The Balaban J connectivity index is -0.000000213. The van der Waals surface area contributed by atoms with Gasteiger partial charge in [0.25, 0.3) is 0 Å². The Kier molecular flexibility index (Phi) is 15.2. The van der Waals surface area contributed by atoms with Gasteiger partial charge >= 0.3 is 47.5 Å². The zero-order chi connectivity index (χ0) is 15.5. The van der Waals surface area contributed by atoms with Gasteiger partial charge in [-0.1, -0.05) is 13.2 Å². The first-order valence-electron chi connectivity index (χ1n) is 4.42. The summed E-state index contributed by atoms with van der Waals surface area (Å²) in [6.07, 6.45) is 3.27. The number of rotatable bonds is 2. The maximum atomic E-state index is 9.92. The van der Waals surface area contributed by atoms with Crippen LogP contribution in [0.15, 0.2) is 37.0 Å². The molecule has 0 fully saturated rings. The number of cyclic esters (lactones) is 2. The third-order valence-electron chi connectivity index (χ3n) is 1.01. The molecule has 0 saturated heterocycles. The van der Waals surface area contributed by atoms with Gasteiger partial charge in [0, 0.05) is 24.5 Å². The van der Waals surface area contributed by atoms with Gasteiger partial charge in [0.05, 0.1) is 6.26 Å². The van der Waals surface area contributed by atoms with Crippen molar-refractivity contribution in [2.75, 3.05) is 0 Å². The van der Waals surface area contributed by atoms with Crippen LogP contribution in [0.25, 0.3) is 0 Å². The van der Waals surface area contributed by atoms with Gasteiger partial charge in [-0.2, -0.15) is 0 Å². The van der Waals surface area contributed by atoms with Crippen LogP contribution in [-0.4, -0.2) is 30.9 Å². The van der Waals surface area contributed by atoms with Gasteiger partial charge in [-0.3, -0.25) is 4.79 Å². The van der Waals surface area contributed by atoms with E-state index in [1.54, 1.807) is 0 Å². The molecule has 1 aliphatic rings. The average molecular weight is 314 g/mol. The van der Waals surface area contributed by atoms with E-state index < -0.39 is 22.1 Å². The van der Waals surface area contributed by atoms with Gasteiger partial charge < -0.3 is 14.0 Å². The topological polar surface area (TPSA) is 127 Å². The third-order valence-corrected chi connectivity index (χ3v) is 1.42.